The minimum absolute atomic E-state index is 0.00718. The van der Waals surface area contributed by atoms with Gasteiger partial charge in [-0.1, -0.05) is 23.7 Å². The number of benzene rings is 1. The third-order valence-electron chi connectivity index (χ3n) is 3.13. The molecule has 0 fully saturated rings. The van der Waals surface area contributed by atoms with Crippen molar-refractivity contribution in [3.8, 4) is 17.1 Å². The van der Waals surface area contributed by atoms with Gasteiger partial charge in [0, 0.05) is 10.6 Å². The number of fused-ring (bicyclic) bond motifs is 1. The van der Waals surface area contributed by atoms with Crippen molar-refractivity contribution in [2.24, 2.45) is 0 Å². The van der Waals surface area contributed by atoms with Crippen molar-refractivity contribution < 1.29 is 9.50 Å². The highest BCUT2D eigenvalue weighted by Gasteiger charge is 2.20. The Morgan fingerprint density at radius 3 is 2.57 bits per heavy atom. The molecule has 0 spiro atoms. The van der Waals surface area contributed by atoms with Gasteiger partial charge in [0.1, 0.15) is 5.69 Å². The molecular formula is C14H11ClFN3OS. The fourth-order valence-electron chi connectivity index (χ4n) is 2.13. The molecule has 0 amide bonds. The molecule has 108 valence electrons. The van der Waals surface area contributed by atoms with E-state index in [2.05, 4.69) is 10.1 Å². The number of aromatic nitrogens is 3. The molecule has 1 N–H and O–H groups in total. The van der Waals surface area contributed by atoms with Crippen LogP contribution in [-0.2, 0) is 0 Å². The van der Waals surface area contributed by atoms with Crippen LogP contribution in [-0.4, -0.2) is 26.0 Å². The van der Waals surface area contributed by atoms with Crippen LogP contribution in [0, 0.1) is 12.7 Å². The molecule has 0 radical (unpaired) electrons. The quantitative estimate of drug-likeness (QED) is 0.726. The van der Waals surface area contributed by atoms with Crippen molar-refractivity contribution in [1.29, 1.82) is 0 Å². The zero-order chi connectivity index (χ0) is 15.1. The molecule has 2 aromatic heterocycles. The van der Waals surface area contributed by atoms with Crippen molar-refractivity contribution in [3.63, 3.8) is 0 Å². The standard InChI is InChI=1S/C14H11ClFN3OS/c1-7-12(21-2)14(20)19-13(17-7)10(16)11(18-19)8-3-5-9(15)6-4-8/h3-6,20H,1-2H3. The van der Waals surface area contributed by atoms with Gasteiger partial charge < -0.3 is 5.11 Å². The van der Waals surface area contributed by atoms with Gasteiger partial charge >= 0.3 is 0 Å². The van der Waals surface area contributed by atoms with E-state index in [9.17, 15) is 9.50 Å². The molecule has 0 aliphatic heterocycles. The summed E-state index contributed by atoms with van der Waals surface area (Å²) in [7, 11) is 0. The Bertz CT molecular complexity index is 833. The second-order valence-corrected chi connectivity index (χ2v) is 5.71. The summed E-state index contributed by atoms with van der Waals surface area (Å²) in [5.74, 6) is -0.674. The summed E-state index contributed by atoms with van der Waals surface area (Å²) in [6.45, 7) is 1.72. The molecule has 7 heteroatoms. The second-order valence-electron chi connectivity index (χ2n) is 4.46. The Morgan fingerprint density at radius 1 is 1.29 bits per heavy atom. The highest BCUT2D eigenvalue weighted by Crippen LogP contribution is 2.33. The van der Waals surface area contributed by atoms with E-state index in [1.807, 2.05) is 6.26 Å². The fraction of sp³-hybridized carbons (Fsp3) is 0.143. The van der Waals surface area contributed by atoms with Crippen LogP contribution in [0.15, 0.2) is 29.2 Å². The SMILES string of the molecule is CSc1c(C)nc2c(F)c(-c3ccc(Cl)cc3)nn2c1O. The van der Waals surface area contributed by atoms with Gasteiger partial charge in [0.05, 0.1) is 10.6 Å². The first-order valence-electron chi connectivity index (χ1n) is 6.10. The number of nitrogens with zero attached hydrogens (tertiary/aromatic N) is 3. The number of thioether (sulfide) groups is 1. The Labute approximate surface area is 129 Å². The fourth-order valence-corrected chi connectivity index (χ4v) is 2.87. The first-order chi connectivity index (χ1) is 10.0. The van der Waals surface area contributed by atoms with Gasteiger partial charge in [0.25, 0.3) is 0 Å². The molecule has 2 heterocycles. The molecule has 0 saturated heterocycles. The van der Waals surface area contributed by atoms with Crippen molar-refractivity contribution in [3.05, 3.63) is 40.8 Å². The van der Waals surface area contributed by atoms with Crippen LogP contribution in [0.5, 0.6) is 5.88 Å². The molecule has 0 aliphatic rings. The van der Waals surface area contributed by atoms with E-state index < -0.39 is 5.82 Å². The van der Waals surface area contributed by atoms with Crippen molar-refractivity contribution >= 4 is 29.0 Å². The van der Waals surface area contributed by atoms with E-state index >= 15 is 0 Å². The van der Waals surface area contributed by atoms with Gasteiger partial charge in [-0.15, -0.1) is 11.8 Å². The summed E-state index contributed by atoms with van der Waals surface area (Å²) >= 11 is 7.17. The minimum atomic E-state index is -0.566. The minimum Gasteiger partial charge on any atom is -0.492 e. The van der Waals surface area contributed by atoms with Crippen molar-refractivity contribution in [2.75, 3.05) is 6.26 Å². The molecule has 0 unspecified atom stereocenters. The average Bonchev–Trinajstić information content (AvgIpc) is 2.78. The monoisotopic (exact) mass is 323 g/mol. The topological polar surface area (TPSA) is 50.4 Å². The smallest absolute Gasteiger partial charge is 0.230 e. The first-order valence-corrected chi connectivity index (χ1v) is 7.71. The van der Waals surface area contributed by atoms with E-state index in [0.717, 1.165) is 4.52 Å². The summed E-state index contributed by atoms with van der Waals surface area (Å²) in [6.07, 6.45) is 1.82. The van der Waals surface area contributed by atoms with Crippen LogP contribution in [0.1, 0.15) is 5.69 Å². The van der Waals surface area contributed by atoms with Crippen LogP contribution >= 0.6 is 23.4 Å². The molecule has 21 heavy (non-hydrogen) atoms. The summed E-state index contributed by atoms with van der Waals surface area (Å²) in [6, 6.07) is 6.66. The van der Waals surface area contributed by atoms with E-state index in [1.165, 1.54) is 11.8 Å². The maximum absolute atomic E-state index is 14.5. The lowest BCUT2D eigenvalue weighted by Gasteiger charge is -2.05. The van der Waals surface area contributed by atoms with Gasteiger partial charge in [-0.3, -0.25) is 0 Å². The maximum Gasteiger partial charge on any atom is 0.230 e. The maximum atomic E-state index is 14.5. The molecule has 4 nitrogen and oxygen atoms in total. The number of aryl methyl sites for hydroxylation is 1. The summed E-state index contributed by atoms with van der Waals surface area (Å²) in [5.41, 5.74) is 1.28. The number of rotatable bonds is 2. The third kappa shape index (κ3) is 2.24. The lowest BCUT2D eigenvalue weighted by atomic mass is 10.1. The molecule has 0 aliphatic carbocycles. The van der Waals surface area contributed by atoms with Crippen LogP contribution < -0.4 is 0 Å². The summed E-state index contributed by atoms with van der Waals surface area (Å²) in [5, 5.41) is 14.9. The van der Waals surface area contributed by atoms with Crippen molar-refractivity contribution in [1.82, 2.24) is 14.6 Å². The van der Waals surface area contributed by atoms with Crippen LogP contribution in [0.4, 0.5) is 4.39 Å². The largest absolute Gasteiger partial charge is 0.492 e. The third-order valence-corrected chi connectivity index (χ3v) is 4.27. The molecule has 3 aromatic rings. The summed E-state index contributed by atoms with van der Waals surface area (Å²) < 4.78 is 15.6. The lowest BCUT2D eigenvalue weighted by Crippen LogP contribution is -1.97. The highest BCUT2D eigenvalue weighted by atomic mass is 35.5. The van der Waals surface area contributed by atoms with Gasteiger partial charge in [0.2, 0.25) is 5.88 Å². The van der Waals surface area contributed by atoms with Gasteiger partial charge in [-0.2, -0.15) is 9.61 Å². The Kier molecular flexibility index (Phi) is 3.51. The number of hydrogen-bond donors (Lipinski definition) is 1. The van der Waals surface area contributed by atoms with Gasteiger partial charge in [-0.05, 0) is 25.3 Å². The number of halogens is 2. The second kappa shape index (κ2) is 5.20. The molecule has 1 aromatic carbocycles. The average molecular weight is 324 g/mol. The molecule has 3 rings (SSSR count). The predicted octanol–water partition coefficient (Wildman–Crippen LogP) is 3.92. The van der Waals surface area contributed by atoms with E-state index in [4.69, 9.17) is 11.6 Å². The van der Waals surface area contributed by atoms with Crippen LogP contribution in [0.2, 0.25) is 5.02 Å². The van der Waals surface area contributed by atoms with Crippen molar-refractivity contribution in [2.45, 2.75) is 11.8 Å². The lowest BCUT2D eigenvalue weighted by molar-refractivity contribution is 0.419. The normalized spacial score (nSPS) is 11.2. The van der Waals surface area contributed by atoms with Crippen LogP contribution in [0.3, 0.4) is 0 Å². The highest BCUT2D eigenvalue weighted by molar-refractivity contribution is 7.98. The molecule has 0 atom stereocenters. The van der Waals surface area contributed by atoms with E-state index in [1.54, 1.807) is 31.2 Å². The summed E-state index contributed by atoms with van der Waals surface area (Å²) in [4.78, 5) is 4.77. The molecule has 0 bridgehead atoms. The van der Waals surface area contributed by atoms with E-state index in [0.29, 0.717) is 21.2 Å². The molecule has 0 saturated carbocycles. The zero-order valence-corrected chi connectivity index (χ0v) is 12.8. The van der Waals surface area contributed by atoms with Gasteiger partial charge in [0.15, 0.2) is 11.5 Å². The molecular weight excluding hydrogens is 313 g/mol. The number of hydrogen-bond acceptors (Lipinski definition) is 4. The number of aromatic hydroxyl groups is 1. The van der Waals surface area contributed by atoms with E-state index in [-0.39, 0.29) is 17.2 Å². The van der Waals surface area contributed by atoms with Gasteiger partial charge in [-0.25, -0.2) is 9.37 Å². The zero-order valence-electron chi connectivity index (χ0n) is 11.3. The predicted molar refractivity (Wildman–Crippen MR) is 81.6 cm³/mol. The first kappa shape index (κ1) is 14.2. The Balaban J connectivity index is 2.29. The van der Waals surface area contributed by atoms with Crippen LogP contribution in [0.25, 0.3) is 16.9 Å². The Hall–Kier alpha value is -1.79. The Morgan fingerprint density at radius 2 is 1.95 bits per heavy atom.